The minimum atomic E-state index is 0.244. The lowest BCUT2D eigenvalue weighted by atomic mass is 9.88. The Morgan fingerprint density at radius 2 is 0.446 bits per heavy atom. The Kier molecular flexibility index (Phi) is 11.0. The second kappa shape index (κ2) is 16.4. The Hall–Kier alpha value is -4.08. The van der Waals surface area contributed by atoms with Gasteiger partial charge in [0.1, 0.15) is 23.0 Å². The molecule has 0 saturated carbocycles. The largest absolute Gasteiger partial charge is 0.507 e. The molecule has 4 aliphatic heterocycles. The van der Waals surface area contributed by atoms with E-state index in [4.69, 9.17) is 0 Å². The number of hydrogen-bond acceptors (Lipinski definition) is 8. The van der Waals surface area contributed by atoms with Crippen molar-refractivity contribution in [3.05, 3.63) is 115 Å². The number of fused-ring (bicyclic) bond motifs is 8. The van der Waals surface area contributed by atoms with E-state index in [2.05, 4.69) is 68.1 Å². The number of phenolic OH excluding ortho intramolecular Hbond substituents is 4. The summed E-state index contributed by atoms with van der Waals surface area (Å²) in [5.74, 6) is 0.976. The highest BCUT2D eigenvalue weighted by atomic mass is 16.3. The maximum atomic E-state index is 12.1. The van der Waals surface area contributed by atoms with E-state index >= 15 is 0 Å². The highest BCUT2D eigenvalue weighted by Crippen LogP contribution is 2.40. The molecule has 5 aliphatic rings. The summed E-state index contributed by atoms with van der Waals surface area (Å²) in [6.45, 7) is 11.8. The Bertz CT molecular complexity index is 1670. The first-order valence-electron chi connectivity index (χ1n) is 21.6. The fraction of sp³-hybridized carbons (Fsp3) is 0.500. The third-order valence-electron chi connectivity index (χ3n) is 13.3. The fourth-order valence-corrected chi connectivity index (χ4v) is 10.4. The number of nitrogens with zero attached hydrogens (tertiary/aromatic N) is 4. The van der Waals surface area contributed by atoms with Crippen LogP contribution in [0.2, 0.25) is 0 Å². The van der Waals surface area contributed by atoms with Crippen LogP contribution in [0.4, 0.5) is 0 Å². The van der Waals surface area contributed by atoms with Crippen LogP contribution < -0.4 is 0 Å². The van der Waals surface area contributed by atoms with Gasteiger partial charge in [-0.2, -0.15) is 0 Å². The highest BCUT2D eigenvalue weighted by Gasteiger charge is 2.25. The zero-order valence-corrected chi connectivity index (χ0v) is 33.2. The molecule has 0 unspecified atom stereocenters. The Morgan fingerprint density at radius 1 is 0.286 bits per heavy atom. The molecule has 0 spiro atoms. The molecule has 0 atom stereocenters. The van der Waals surface area contributed by atoms with Crippen LogP contribution in [-0.2, 0) is 51.9 Å². The van der Waals surface area contributed by atoms with Gasteiger partial charge < -0.3 is 20.4 Å². The van der Waals surface area contributed by atoms with E-state index < -0.39 is 0 Å². The molecule has 8 heteroatoms. The molecule has 0 amide bonds. The van der Waals surface area contributed by atoms with Gasteiger partial charge in [-0.25, -0.2) is 0 Å². The normalized spacial score (nSPS) is 19.7. The predicted molar refractivity (Wildman–Crippen MR) is 222 cm³/mol. The maximum Gasteiger partial charge on any atom is 0.122 e. The van der Waals surface area contributed by atoms with E-state index in [-0.39, 0.29) is 23.0 Å². The van der Waals surface area contributed by atoms with E-state index in [1.165, 1.54) is 51.4 Å². The molecule has 0 aromatic heterocycles. The molecule has 8 bridgehead atoms. The van der Waals surface area contributed by atoms with Gasteiger partial charge in [0.2, 0.25) is 0 Å². The molecule has 4 aromatic carbocycles. The number of aromatic hydroxyl groups is 4. The lowest BCUT2D eigenvalue weighted by Crippen LogP contribution is -2.19. The molecule has 1 aliphatic carbocycles. The quantitative estimate of drug-likeness (QED) is 0.129. The summed E-state index contributed by atoms with van der Waals surface area (Å²) in [5.41, 5.74) is 11.0. The van der Waals surface area contributed by atoms with Gasteiger partial charge >= 0.3 is 0 Å². The van der Waals surface area contributed by atoms with Gasteiger partial charge in [0.05, 0.1) is 0 Å². The molecule has 4 N–H and O–H groups in total. The van der Waals surface area contributed by atoms with Crippen LogP contribution in [0.5, 0.6) is 23.0 Å². The molecule has 9 rings (SSSR count). The van der Waals surface area contributed by atoms with E-state index in [1.54, 1.807) is 0 Å². The summed E-state index contributed by atoms with van der Waals surface area (Å²) in [5, 5.41) is 48.6. The van der Waals surface area contributed by atoms with E-state index in [0.717, 1.165) is 145 Å². The number of benzene rings is 4. The molecule has 8 nitrogen and oxygen atoms in total. The van der Waals surface area contributed by atoms with Crippen LogP contribution in [0.15, 0.2) is 48.5 Å². The van der Waals surface area contributed by atoms with Gasteiger partial charge in [0.15, 0.2) is 0 Å². The Labute approximate surface area is 333 Å². The SMILES string of the molecule is Oc1c2cc(CN3CCCC3)cc1Cc1cc(CN3CCCC3)cc(c1O)Cc1cc(CN3CCCC3)cc(c1O)Cc1cc(CN3CCCC3)cc(c1O)C2. The summed E-state index contributed by atoms with van der Waals surface area (Å²) < 4.78 is 0. The average Bonchev–Trinajstić information content (AvgIpc) is 4.03. The summed E-state index contributed by atoms with van der Waals surface area (Å²) in [4.78, 5) is 9.95. The van der Waals surface area contributed by atoms with E-state index in [0.29, 0.717) is 25.7 Å². The molecule has 296 valence electrons. The monoisotopic (exact) mass is 756 g/mol. The molecule has 4 saturated heterocycles. The standard InChI is InChI=1S/C48H60N4O4/c53-45-37-17-33(29-49-9-1-2-10-49)18-38(45)26-40-20-35(31-51-13-5-6-14-51)22-42(47(40)55)28-44-24-36(32-52-15-7-8-16-52)23-43(48(44)56)27-41-21-34(19-39(25-37)46(41)54)30-50-11-3-4-12-50/h17-24,53-56H,1-16,25-32H2. The van der Waals surface area contributed by atoms with Crippen molar-refractivity contribution in [2.75, 3.05) is 52.4 Å². The zero-order valence-electron chi connectivity index (χ0n) is 33.2. The van der Waals surface area contributed by atoms with Gasteiger partial charge in [-0.15, -0.1) is 0 Å². The van der Waals surface area contributed by atoms with Gasteiger partial charge in [-0.3, -0.25) is 19.6 Å². The number of likely N-dealkylation sites (tertiary alicyclic amines) is 4. The van der Waals surface area contributed by atoms with Crippen LogP contribution in [-0.4, -0.2) is 92.4 Å². The lowest BCUT2D eigenvalue weighted by Gasteiger charge is -2.23. The van der Waals surface area contributed by atoms with Gasteiger partial charge in [0.25, 0.3) is 0 Å². The molecule has 4 heterocycles. The topological polar surface area (TPSA) is 93.9 Å². The van der Waals surface area contributed by atoms with Gasteiger partial charge in [0, 0.05) is 51.9 Å². The van der Waals surface area contributed by atoms with Crippen LogP contribution in [0.1, 0.15) is 118 Å². The van der Waals surface area contributed by atoms with Gasteiger partial charge in [-0.05, 0) is 170 Å². The summed E-state index contributed by atoms with van der Waals surface area (Å²) in [7, 11) is 0. The number of phenols is 4. The Morgan fingerprint density at radius 3 is 0.607 bits per heavy atom. The maximum absolute atomic E-state index is 12.1. The smallest absolute Gasteiger partial charge is 0.122 e. The molecular formula is C48H60N4O4. The van der Waals surface area contributed by atoms with Crippen LogP contribution in [0.3, 0.4) is 0 Å². The van der Waals surface area contributed by atoms with Crippen molar-refractivity contribution in [1.29, 1.82) is 0 Å². The highest BCUT2D eigenvalue weighted by molar-refractivity contribution is 5.57. The van der Waals surface area contributed by atoms with Crippen molar-refractivity contribution in [2.24, 2.45) is 0 Å². The Balaban J connectivity index is 1.20. The predicted octanol–water partition coefficient (Wildman–Crippen LogP) is 7.57. The molecule has 56 heavy (non-hydrogen) atoms. The second-order valence-corrected chi connectivity index (χ2v) is 17.7. The average molecular weight is 757 g/mol. The van der Waals surface area contributed by atoms with Crippen molar-refractivity contribution in [1.82, 2.24) is 19.6 Å². The third-order valence-corrected chi connectivity index (χ3v) is 13.3. The zero-order chi connectivity index (χ0) is 38.2. The van der Waals surface area contributed by atoms with E-state index in [9.17, 15) is 20.4 Å². The van der Waals surface area contributed by atoms with Crippen LogP contribution in [0, 0.1) is 0 Å². The number of rotatable bonds is 8. The first kappa shape index (κ1) is 37.5. The first-order valence-corrected chi connectivity index (χ1v) is 21.6. The van der Waals surface area contributed by atoms with E-state index in [1.807, 2.05) is 0 Å². The summed E-state index contributed by atoms with van der Waals surface area (Å²) in [6.07, 6.45) is 11.2. The molecule has 4 fully saturated rings. The molecular weight excluding hydrogens is 697 g/mol. The van der Waals surface area contributed by atoms with Crippen molar-refractivity contribution >= 4 is 0 Å². The minimum Gasteiger partial charge on any atom is -0.507 e. The minimum absolute atomic E-state index is 0.244. The number of hydrogen-bond donors (Lipinski definition) is 4. The molecule has 0 radical (unpaired) electrons. The molecule has 4 aromatic rings. The summed E-state index contributed by atoms with van der Waals surface area (Å²) >= 11 is 0. The van der Waals surface area contributed by atoms with Crippen LogP contribution in [0.25, 0.3) is 0 Å². The summed E-state index contributed by atoms with van der Waals surface area (Å²) in [6, 6.07) is 17.1. The van der Waals surface area contributed by atoms with Crippen molar-refractivity contribution in [2.45, 2.75) is 103 Å². The van der Waals surface area contributed by atoms with Crippen molar-refractivity contribution in [3.8, 4) is 23.0 Å². The lowest BCUT2D eigenvalue weighted by molar-refractivity contribution is 0.330. The van der Waals surface area contributed by atoms with Gasteiger partial charge in [-0.1, -0.05) is 48.5 Å². The first-order chi connectivity index (χ1) is 27.3. The second-order valence-electron chi connectivity index (χ2n) is 17.7. The fourth-order valence-electron chi connectivity index (χ4n) is 10.4. The van der Waals surface area contributed by atoms with Crippen molar-refractivity contribution in [3.63, 3.8) is 0 Å². The third kappa shape index (κ3) is 8.31. The van der Waals surface area contributed by atoms with Crippen LogP contribution >= 0.6 is 0 Å². The van der Waals surface area contributed by atoms with Crippen molar-refractivity contribution < 1.29 is 20.4 Å².